The van der Waals surface area contributed by atoms with Gasteiger partial charge in [-0.15, -0.1) is 0 Å². The molecule has 0 heteroatoms. The molecule has 4 rings (SSSR count). The summed E-state index contributed by atoms with van der Waals surface area (Å²) in [5, 5.41) is 0. The molecule has 0 aromatic heterocycles. The van der Waals surface area contributed by atoms with Crippen molar-refractivity contribution in [1.29, 1.82) is 0 Å². The molecule has 0 nitrogen and oxygen atoms in total. The van der Waals surface area contributed by atoms with Crippen molar-refractivity contribution in [3.8, 4) is 33.4 Å². The van der Waals surface area contributed by atoms with Gasteiger partial charge >= 0.3 is 0 Å². The van der Waals surface area contributed by atoms with Crippen LogP contribution in [0.25, 0.3) is 33.4 Å². The molecule has 4 aromatic rings. The first-order valence-electron chi connectivity index (χ1n) is 9.45. The molecule has 0 aliphatic carbocycles. The highest BCUT2D eigenvalue weighted by Gasteiger charge is 2.08. The molecule has 0 amide bonds. The van der Waals surface area contributed by atoms with Crippen LogP contribution in [0.5, 0.6) is 0 Å². The Bertz CT molecular complexity index is 1060. The quantitative estimate of drug-likeness (QED) is 0.357. The molecule has 0 spiro atoms. The summed E-state index contributed by atoms with van der Waals surface area (Å²) in [5.74, 6) is 0. The van der Waals surface area contributed by atoms with E-state index in [1.165, 1.54) is 50.1 Å². The fourth-order valence-corrected chi connectivity index (χ4v) is 3.73. The van der Waals surface area contributed by atoms with Crippen molar-refractivity contribution in [3.63, 3.8) is 0 Å². The normalized spacial score (nSPS) is 10.8. The summed E-state index contributed by atoms with van der Waals surface area (Å²) in [6, 6.07) is 33.1. The highest BCUT2D eigenvalue weighted by molar-refractivity contribution is 5.85. The lowest BCUT2D eigenvalue weighted by Gasteiger charge is -2.12. The standard InChI is InChI=1S/C27H24/c1-19-11-13-22(14-12-19)26-9-4-5-10-27(26)24-8-6-7-23(18-24)25-16-20(2)15-21(3)17-25/h4-18H,1-3H3. The van der Waals surface area contributed by atoms with Gasteiger partial charge in [-0.3, -0.25) is 0 Å². The first-order valence-corrected chi connectivity index (χ1v) is 9.45. The smallest absolute Gasteiger partial charge is 0.0105 e. The molecule has 0 N–H and O–H groups in total. The fourth-order valence-electron chi connectivity index (χ4n) is 3.73. The van der Waals surface area contributed by atoms with Crippen LogP contribution in [0.15, 0.2) is 91.0 Å². The van der Waals surface area contributed by atoms with Crippen molar-refractivity contribution in [1.82, 2.24) is 0 Å². The highest BCUT2D eigenvalue weighted by Crippen LogP contribution is 2.34. The van der Waals surface area contributed by atoms with Gasteiger partial charge < -0.3 is 0 Å². The summed E-state index contributed by atoms with van der Waals surface area (Å²) in [6.45, 7) is 6.45. The second kappa shape index (κ2) is 7.25. The average Bonchev–Trinajstić information content (AvgIpc) is 2.68. The van der Waals surface area contributed by atoms with Crippen LogP contribution in [0.2, 0.25) is 0 Å². The molecule has 132 valence electrons. The number of rotatable bonds is 3. The Morgan fingerprint density at radius 3 is 1.63 bits per heavy atom. The van der Waals surface area contributed by atoms with E-state index in [9.17, 15) is 0 Å². The molecule has 0 atom stereocenters. The van der Waals surface area contributed by atoms with Gasteiger partial charge in [-0.25, -0.2) is 0 Å². The van der Waals surface area contributed by atoms with Crippen LogP contribution >= 0.6 is 0 Å². The second-order valence-corrected chi connectivity index (χ2v) is 7.37. The van der Waals surface area contributed by atoms with Gasteiger partial charge in [0.25, 0.3) is 0 Å². The minimum atomic E-state index is 1.25. The van der Waals surface area contributed by atoms with Gasteiger partial charge in [0.2, 0.25) is 0 Å². The molecule has 0 aliphatic rings. The molecular formula is C27H24. The van der Waals surface area contributed by atoms with E-state index >= 15 is 0 Å². The van der Waals surface area contributed by atoms with Crippen LogP contribution < -0.4 is 0 Å². The molecule has 0 unspecified atom stereocenters. The molecule has 0 fully saturated rings. The van der Waals surface area contributed by atoms with Crippen LogP contribution in [0.4, 0.5) is 0 Å². The summed E-state index contributed by atoms with van der Waals surface area (Å²) in [4.78, 5) is 0. The van der Waals surface area contributed by atoms with E-state index in [1.807, 2.05) is 0 Å². The Morgan fingerprint density at radius 2 is 0.963 bits per heavy atom. The van der Waals surface area contributed by atoms with Crippen LogP contribution in [0.1, 0.15) is 16.7 Å². The zero-order valence-electron chi connectivity index (χ0n) is 16.2. The molecule has 0 saturated heterocycles. The van der Waals surface area contributed by atoms with Crippen LogP contribution in [-0.2, 0) is 0 Å². The van der Waals surface area contributed by atoms with Crippen LogP contribution in [-0.4, -0.2) is 0 Å². The lowest BCUT2D eigenvalue weighted by molar-refractivity contribution is 1.38. The molecule has 0 saturated carbocycles. The van der Waals surface area contributed by atoms with Crippen molar-refractivity contribution < 1.29 is 0 Å². The zero-order valence-corrected chi connectivity index (χ0v) is 16.2. The first-order chi connectivity index (χ1) is 13.1. The Hall–Kier alpha value is -3.12. The van der Waals surface area contributed by atoms with Crippen molar-refractivity contribution in [3.05, 3.63) is 108 Å². The van der Waals surface area contributed by atoms with Crippen molar-refractivity contribution in [2.24, 2.45) is 0 Å². The topological polar surface area (TPSA) is 0 Å². The lowest BCUT2D eigenvalue weighted by Crippen LogP contribution is -1.87. The summed E-state index contributed by atoms with van der Waals surface area (Å²) in [7, 11) is 0. The van der Waals surface area contributed by atoms with Gasteiger partial charge in [-0.1, -0.05) is 102 Å². The van der Waals surface area contributed by atoms with E-state index in [1.54, 1.807) is 0 Å². The molecule has 0 radical (unpaired) electrons. The lowest BCUT2D eigenvalue weighted by atomic mass is 9.92. The maximum absolute atomic E-state index is 2.31. The highest BCUT2D eigenvalue weighted by atomic mass is 14.1. The predicted octanol–water partition coefficient (Wildman–Crippen LogP) is 7.61. The molecule has 0 bridgehead atoms. The molecule has 0 aliphatic heterocycles. The van der Waals surface area contributed by atoms with Crippen molar-refractivity contribution in [2.75, 3.05) is 0 Å². The fraction of sp³-hybridized carbons (Fsp3) is 0.111. The zero-order chi connectivity index (χ0) is 18.8. The van der Waals surface area contributed by atoms with Gasteiger partial charge in [0, 0.05) is 0 Å². The summed E-state index contributed by atoms with van der Waals surface area (Å²) in [5.41, 5.74) is 11.5. The van der Waals surface area contributed by atoms with Gasteiger partial charge in [0.15, 0.2) is 0 Å². The van der Waals surface area contributed by atoms with Crippen molar-refractivity contribution >= 4 is 0 Å². The number of aryl methyl sites for hydroxylation is 3. The van der Waals surface area contributed by atoms with Gasteiger partial charge in [0.05, 0.1) is 0 Å². The molecular weight excluding hydrogens is 324 g/mol. The molecule has 27 heavy (non-hydrogen) atoms. The number of hydrogen-bond donors (Lipinski definition) is 0. The van der Waals surface area contributed by atoms with E-state index in [0.717, 1.165) is 0 Å². The Morgan fingerprint density at radius 1 is 0.370 bits per heavy atom. The average molecular weight is 348 g/mol. The van der Waals surface area contributed by atoms with E-state index in [0.29, 0.717) is 0 Å². The third-order valence-electron chi connectivity index (χ3n) is 5.02. The van der Waals surface area contributed by atoms with Crippen LogP contribution in [0.3, 0.4) is 0 Å². The van der Waals surface area contributed by atoms with E-state index in [-0.39, 0.29) is 0 Å². The predicted molar refractivity (Wildman–Crippen MR) is 117 cm³/mol. The third-order valence-corrected chi connectivity index (χ3v) is 5.02. The van der Waals surface area contributed by atoms with E-state index < -0.39 is 0 Å². The maximum atomic E-state index is 2.31. The maximum Gasteiger partial charge on any atom is -0.0105 e. The Kier molecular flexibility index (Phi) is 4.64. The largest absolute Gasteiger partial charge is 0.0616 e. The van der Waals surface area contributed by atoms with Gasteiger partial charge in [0.1, 0.15) is 0 Å². The summed E-state index contributed by atoms with van der Waals surface area (Å²) < 4.78 is 0. The SMILES string of the molecule is Cc1ccc(-c2ccccc2-c2cccc(-c3cc(C)cc(C)c3)c2)cc1. The van der Waals surface area contributed by atoms with Gasteiger partial charge in [-0.2, -0.15) is 0 Å². The summed E-state index contributed by atoms with van der Waals surface area (Å²) >= 11 is 0. The number of hydrogen-bond acceptors (Lipinski definition) is 0. The van der Waals surface area contributed by atoms with E-state index in [2.05, 4.69) is 112 Å². The Balaban J connectivity index is 1.82. The minimum absolute atomic E-state index is 1.25. The summed E-state index contributed by atoms with van der Waals surface area (Å²) in [6.07, 6.45) is 0. The molecule has 0 heterocycles. The Labute approximate surface area is 162 Å². The minimum Gasteiger partial charge on any atom is -0.0616 e. The van der Waals surface area contributed by atoms with Crippen molar-refractivity contribution in [2.45, 2.75) is 20.8 Å². The monoisotopic (exact) mass is 348 g/mol. The van der Waals surface area contributed by atoms with Gasteiger partial charge in [-0.05, 0) is 60.2 Å². The number of benzene rings is 4. The second-order valence-electron chi connectivity index (χ2n) is 7.37. The molecule has 4 aromatic carbocycles. The first kappa shape index (κ1) is 17.3. The third kappa shape index (κ3) is 3.71. The van der Waals surface area contributed by atoms with Crippen LogP contribution in [0, 0.1) is 20.8 Å². The van der Waals surface area contributed by atoms with E-state index in [4.69, 9.17) is 0 Å².